The maximum atomic E-state index is 10.9. The third kappa shape index (κ3) is 3.33. The van der Waals surface area contributed by atoms with Crippen molar-refractivity contribution >= 4 is 0 Å². The largest absolute Gasteiger partial charge is 0.330 e. The standard InChI is InChI=1S/C16H30N2O3/c1-4-13(21-18(19)20)16-7-5-6-14(2,11-16)10-15(3,12-16)8-9-17/h13H,4-12,17H2,1-3H3. The summed E-state index contributed by atoms with van der Waals surface area (Å²) in [5.74, 6) is 0. The van der Waals surface area contributed by atoms with Gasteiger partial charge in [-0.1, -0.05) is 27.2 Å². The van der Waals surface area contributed by atoms with Gasteiger partial charge in [0.05, 0.1) is 0 Å². The van der Waals surface area contributed by atoms with Crippen LogP contribution in [0, 0.1) is 26.4 Å². The third-order valence-electron chi connectivity index (χ3n) is 5.88. The van der Waals surface area contributed by atoms with E-state index in [4.69, 9.17) is 10.6 Å². The molecule has 0 spiro atoms. The molecule has 0 aromatic heterocycles. The Kier molecular flexibility index (Phi) is 4.52. The SMILES string of the molecule is CCC(O[N+](=O)[O-])C12CCCC(C)(CC(C)(CCN)C1)C2. The van der Waals surface area contributed by atoms with Crippen molar-refractivity contribution in [1.82, 2.24) is 0 Å². The first-order valence-electron chi connectivity index (χ1n) is 8.28. The first-order chi connectivity index (χ1) is 9.76. The lowest BCUT2D eigenvalue weighted by molar-refractivity contribution is -0.773. The fourth-order valence-electron chi connectivity index (χ4n) is 5.78. The molecule has 21 heavy (non-hydrogen) atoms. The van der Waals surface area contributed by atoms with Crippen molar-refractivity contribution in [3.8, 4) is 0 Å². The summed E-state index contributed by atoms with van der Waals surface area (Å²) in [5.41, 5.74) is 6.26. The van der Waals surface area contributed by atoms with Gasteiger partial charge >= 0.3 is 0 Å². The number of rotatable bonds is 6. The van der Waals surface area contributed by atoms with Crippen LogP contribution in [-0.4, -0.2) is 17.7 Å². The maximum Gasteiger partial charge on any atom is 0.294 e. The molecule has 2 rings (SSSR count). The van der Waals surface area contributed by atoms with Gasteiger partial charge in [-0.3, -0.25) is 0 Å². The van der Waals surface area contributed by atoms with Gasteiger partial charge in [-0.2, -0.15) is 0 Å². The van der Waals surface area contributed by atoms with Crippen LogP contribution >= 0.6 is 0 Å². The van der Waals surface area contributed by atoms with Gasteiger partial charge in [0.25, 0.3) is 5.09 Å². The molecule has 2 aliphatic carbocycles. The summed E-state index contributed by atoms with van der Waals surface area (Å²) in [5, 5.41) is 10.3. The minimum absolute atomic E-state index is 0.0447. The third-order valence-corrected chi connectivity index (χ3v) is 5.88. The summed E-state index contributed by atoms with van der Waals surface area (Å²) >= 11 is 0. The smallest absolute Gasteiger partial charge is 0.294 e. The van der Waals surface area contributed by atoms with E-state index in [1.54, 1.807) is 0 Å². The van der Waals surface area contributed by atoms with Crippen LogP contribution in [0.5, 0.6) is 0 Å². The second-order valence-corrected chi connectivity index (χ2v) is 8.13. The summed E-state index contributed by atoms with van der Waals surface area (Å²) in [6.45, 7) is 7.36. The Bertz CT molecular complexity index is 403. The Morgan fingerprint density at radius 2 is 2.00 bits per heavy atom. The van der Waals surface area contributed by atoms with E-state index in [1.807, 2.05) is 6.92 Å². The maximum absolute atomic E-state index is 10.9. The summed E-state index contributed by atoms with van der Waals surface area (Å²) in [4.78, 5) is 16.0. The number of hydrogen-bond donors (Lipinski definition) is 1. The van der Waals surface area contributed by atoms with Crippen LogP contribution < -0.4 is 5.73 Å². The van der Waals surface area contributed by atoms with Crippen molar-refractivity contribution in [1.29, 1.82) is 0 Å². The first kappa shape index (κ1) is 16.5. The molecule has 4 unspecified atom stereocenters. The molecule has 2 saturated carbocycles. The van der Waals surface area contributed by atoms with Crippen LogP contribution in [-0.2, 0) is 4.84 Å². The van der Waals surface area contributed by atoms with Crippen molar-refractivity contribution in [3.05, 3.63) is 10.1 Å². The Hall–Kier alpha value is -0.840. The quantitative estimate of drug-likeness (QED) is 0.599. The van der Waals surface area contributed by atoms with Crippen molar-refractivity contribution in [2.45, 2.75) is 78.2 Å². The molecule has 0 radical (unpaired) electrons. The lowest BCUT2D eigenvalue weighted by atomic mass is 9.47. The average molecular weight is 298 g/mol. The molecule has 0 amide bonds. The van der Waals surface area contributed by atoms with Crippen LogP contribution in [0.25, 0.3) is 0 Å². The van der Waals surface area contributed by atoms with Gasteiger partial charge in [-0.25, -0.2) is 0 Å². The van der Waals surface area contributed by atoms with Gasteiger partial charge in [-0.15, -0.1) is 10.1 Å². The molecule has 122 valence electrons. The van der Waals surface area contributed by atoms with Gasteiger partial charge in [0.15, 0.2) is 0 Å². The molecule has 4 atom stereocenters. The molecule has 2 fully saturated rings. The van der Waals surface area contributed by atoms with E-state index < -0.39 is 5.09 Å². The van der Waals surface area contributed by atoms with Crippen LogP contribution in [0.2, 0.25) is 0 Å². The molecule has 2 N–H and O–H groups in total. The van der Waals surface area contributed by atoms with Crippen LogP contribution in [0.1, 0.15) is 72.1 Å². The highest BCUT2D eigenvalue weighted by Crippen LogP contribution is 2.63. The lowest BCUT2D eigenvalue weighted by Crippen LogP contribution is -2.53. The zero-order valence-corrected chi connectivity index (χ0v) is 13.7. The molecule has 2 bridgehead atoms. The van der Waals surface area contributed by atoms with Gasteiger partial charge in [0.1, 0.15) is 6.10 Å². The summed E-state index contributed by atoms with van der Waals surface area (Å²) < 4.78 is 0. The number of nitrogens with two attached hydrogens (primary N) is 1. The first-order valence-corrected chi connectivity index (χ1v) is 8.28. The monoisotopic (exact) mass is 298 g/mol. The van der Waals surface area contributed by atoms with E-state index in [0.29, 0.717) is 13.0 Å². The highest BCUT2D eigenvalue weighted by atomic mass is 17.0. The average Bonchev–Trinajstić information content (AvgIpc) is 2.33. The molecule has 5 nitrogen and oxygen atoms in total. The number of nitrogens with zero attached hydrogens (tertiary/aromatic N) is 1. The zero-order chi connectivity index (χ0) is 15.7. The predicted octanol–water partition coefficient (Wildman–Crippen LogP) is 3.69. The minimum atomic E-state index is -0.594. The minimum Gasteiger partial charge on any atom is -0.330 e. The molecular formula is C16H30N2O3. The molecule has 0 aromatic rings. The van der Waals surface area contributed by atoms with E-state index in [-0.39, 0.29) is 22.3 Å². The van der Waals surface area contributed by atoms with Gasteiger partial charge < -0.3 is 10.6 Å². The van der Waals surface area contributed by atoms with E-state index in [9.17, 15) is 10.1 Å². The Morgan fingerprint density at radius 1 is 1.29 bits per heavy atom. The van der Waals surface area contributed by atoms with Crippen LogP contribution in [0.3, 0.4) is 0 Å². The van der Waals surface area contributed by atoms with Crippen molar-refractivity contribution < 1.29 is 9.92 Å². The van der Waals surface area contributed by atoms with Crippen molar-refractivity contribution in [2.75, 3.05) is 6.54 Å². The Morgan fingerprint density at radius 3 is 2.57 bits per heavy atom. The van der Waals surface area contributed by atoms with Crippen LogP contribution in [0.4, 0.5) is 0 Å². The highest BCUT2D eigenvalue weighted by molar-refractivity contribution is 5.05. The summed E-state index contributed by atoms with van der Waals surface area (Å²) in [6.07, 6.45) is 8.13. The topological polar surface area (TPSA) is 78.4 Å². The molecule has 5 heteroatoms. The van der Waals surface area contributed by atoms with Gasteiger partial charge in [0, 0.05) is 0 Å². The predicted molar refractivity (Wildman–Crippen MR) is 82.2 cm³/mol. The highest BCUT2D eigenvalue weighted by Gasteiger charge is 2.56. The summed E-state index contributed by atoms with van der Waals surface area (Å²) in [7, 11) is 0. The fourth-order valence-corrected chi connectivity index (χ4v) is 5.78. The van der Waals surface area contributed by atoms with E-state index in [1.165, 1.54) is 12.8 Å². The normalized spacial score (nSPS) is 40.6. The Balaban J connectivity index is 2.31. The summed E-state index contributed by atoms with van der Waals surface area (Å²) in [6, 6.07) is 0. The Labute approximate surface area is 127 Å². The van der Waals surface area contributed by atoms with E-state index >= 15 is 0 Å². The van der Waals surface area contributed by atoms with Crippen LogP contribution in [0.15, 0.2) is 0 Å². The lowest BCUT2D eigenvalue weighted by Gasteiger charge is -2.59. The van der Waals surface area contributed by atoms with E-state index in [2.05, 4.69) is 13.8 Å². The van der Waals surface area contributed by atoms with Crippen molar-refractivity contribution in [2.24, 2.45) is 22.0 Å². The fraction of sp³-hybridized carbons (Fsp3) is 1.00. The second-order valence-electron chi connectivity index (χ2n) is 8.13. The van der Waals surface area contributed by atoms with E-state index in [0.717, 1.165) is 32.1 Å². The molecule has 0 saturated heterocycles. The molecule has 0 aliphatic heterocycles. The zero-order valence-electron chi connectivity index (χ0n) is 13.7. The van der Waals surface area contributed by atoms with Gasteiger partial charge in [-0.05, 0) is 67.7 Å². The molecule has 0 heterocycles. The molecule has 0 aromatic carbocycles. The van der Waals surface area contributed by atoms with Gasteiger partial charge in [0.2, 0.25) is 0 Å². The number of fused-ring (bicyclic) bond motifs is 2. The number of hydrogen-bond acceptors (Lipinski definition) is 4. The second kappa shape index (κ2) is 5.75. The molecule has 2 aliphatic rings. The van der Waals surface area contributed by atoms with Crippen molar-refractivity contribution in [3.63, 3.8) is 0 Å². The molecular weight excluding hydrogens is 268 g/mol.